The number of nitrogens with two attached hydrogens (primary N) is 1. The molecule has 4 heteroatoms. The van der Waals surface area contributed by atoms with Gasteiger partial charge in [0.05, 0.1) is 5.69 Å². The van der Waals surface area contributed by atoms with Gasteiger partial charge in [-0.3, -0.25) is 0 Å². The molecule has 3 nitrogen and oxygen atoms in total. The Morgan fingerprint density at radius 2 is 2.36 bits per heavy atom. The van der Waals surface area contributed by atoms with E-state index < -0.39 is 0 Å². The van der Waals surface area contributed by atoms with Gasteiger partial charge in [-0.05, 0) is 12.8 Å². The van der Waals surface area contributed by atoms with E-state index in [4.69, 9.17) is 11.0 Å². The van der Waals surface area contributed by atoms with Crippen LogP contribution >= 0.6 is 11.3 Å². The fourth-order valence-electron chi connectivity index (χ4n) is 0.618. The van der Waals surface area contributed by atoms with Crippen LogP contribution in [-0.4, -0.2) is 4.98 Å². The lowest BCUT2D eigenvalue weighted by molar-refractivity contribution is 1.26. The Bertz CT molecular complexity index is 361. The van der Waals surface area contributed by atoms with Gasteiger partial charge in [0, 0.05) is 5.92 Å². The van der Waals surface area contributed by atoms with E-state index in [0.717, 1.165) is 10.6 Å². The quantitative estimate of drug-likeness (QED) is 0.578. The molecule has 0 atom stereocenters. The van der Waals surface area contributed by atoms with Gasteiger partial charge in [0.2, 0.25) is 0 Å². The summed E-state index contributed by atoms with van der Waals surface area (Å²) < 4.78 is 0. The number of anilines is 1. The standard InChI is InChI=1S/C7H5N3S/c1-5-6(3-2-4-8)11-7(9)10-5/h1H3,(H2,9,10). The Labute approximate surface area is 68.5 Å². The second kappa shape index (κ2) is 3.05. The largest absolute Gasteiger partial charge is 0.375 e. The van der Waals surface area contributed by atoms with Gasteiger partial charge < -0.3 is 5.73 Å². The molecule has 1 aromatic rings. The Balaban J connectivity index is 3.06. The molecule has 1 aromatic heterocycles. The van der Waals surface area contributed by atoms with Crippen molar-refractivity contribution >= 4 is 16.5 Å². The average Bonchev–Trinajstić information content (AvgIpc) is 2.26. The van der Waals surface area contributed by atoms with Crippen molar-refractivity contribution in [2.75, 3.05) is 5.73 Å². The molecule has 0 bridgehead atoms. The highest BCUT2D eigenvalue weighted by molar-refractivity contribution is 7.16. The van der Waals surface area contributed by atoms with Gasteiger partial charge in [-0.15, -0.1) is 0 Å². The maximum atomic E-state index is 8.15. The Hall–Kier alpha value is -1.52. The second-order valence-corrected chi connectivity index (χ2v) is 2.86. The van der Waals surface area contributed by atoms with Crippen LogP contribution in [0, 0.1) is 30.1 Å². The van der Waals surface area contributed by atoms with Crippen LogP contribution in [0.25, 0.3) is 0 Å². The van der Waals surface area contributed by atoms with Crippen LogP contribution in [-0.2, 0) is 0 Å². The number of aryl methyl sites for hydroxylation is 1. The smallest absolute Gasteiger partial charge is 0.181 e. The minimum Gasteiger partial charge on any atom is -0.375 e. The first-order chi connectivity index (χ1) is 5.24. The van der Waals surface area contributed by atoms with Gasteiger partial charge >= 0.3 is 0 Å². The predicted molar refractivity (Wildman–Crippen MR) is 43.8 cm³/mol. The number of hydrogen-bond acceptors (Lipinski definition) is 4. The van der Waals surface area contributed by atoms with Gasteiger partial charge in [-0.1, -0.05) is 11.3 Å². The van der Waals surface area contributed by atoms with Crippen LogP contribution in [0.5, 0.6) is 0 Å². The van der Waals surface area contributed by atoms with Crippen LogP contribution in [0.2, 0.25) is 0 Å². The summed E-state index contributed by atoms with van der Waals surface area (Å²) >= 11 is 1.30. The summed E-state index contributed by atoms with van der Waals surface area (Å²) in [5, 5.41) is 8.65. The minimum absolute atomic E-state index is 0.490. The SMILES string of the molecule is Cc1nc(N)sc1C#CC#N. The first-order valence-corrected chi connectivity index (χ1v) is 3.68. The molecule has 0 aliphatic carbocycles. The Morgan fingerprint density at radius 1 is 1.64 bits per heavy atom. The van der Waals surface area contributed by atoms with Crippen LogP contribution in [0.4, 0.5) is 5.13 Å². The molecular formula is C7H5N3S. The molecule has 0 unspecified atom stereocenters. The van der Waals surface area contributed by atoms with Crippen LogP contribution < -0.4 is 5.73 Å². The summed E-state index contributed by atoms with van der Waals surface area (Å²) in [6, 6.07) is 1.73. The number of nitrogen functional groups attached to an aromatic ring is 1. The van der Waals surface area contributed by atoms with Gasteiger partial charge in [-0.2, -0.15) is 5.26 Å². The van der Waals surface area contributed by atoms with Gasteiger partial charge in [0.25, 0.3) is 0 Å². The first kappa shape index (κ1) is 7.59. The van der Waals surface area contributed by atoms with Crippen molar-refractivity contribution in [3.8, 4) is 17.9 Å². The highest BCUT2D eigenvalue weighted by Crippen LogP contribution is 2.17. The van der Waals surface area contributed by atoms with Crippen LogP contribution in [0.3, 0.4) is 0 Å². The molecule has 2 N–H and O–H groups in total. The van der Waals surface area contributed by atoms with E-state index in [1.165, 1.54) is 11.3 Å². The van der Waals surface area contributed by atoms with Gasteiger partial charge in [0.1, 0.15) is 4.88 Å². The third-order valence-electron chi connectivity index (χ3n) is 1.05. The molecule has 54 valence electrons. The van der Waals surface area contributed by atoms with Crippen molar-refractivity contribution in [2.45, 2.75) is 6.92 Å². The van der Waals surface area contributed by atoms with Crippen molar-refractivity contribution in [3.63, 3.8) is 0 Å². The Kier molecular flexibility index (Phi) is 2.10. The molecule has 0 aromatic carbocycles. The van der Waals surface area contributed by atoms with E-state index in [1.54, 1.807) is 6.07 Å². The molecule has 0 amide bonds. The summed E-state index contributed by atoms with van der Waals surface area (Å²) in [5.41, 5.74) is 6.20. The zero-order valence-electron chi connectivity index (χ0n) is 5.88. The van der Waals surface area contributed by atoms with E-state index in [1.807, 2.05) is 6.92 Å². The third-order valence-corrected chi connectivity index (χ3v) is 1.95. The number of nitriles is 1. The number of rotatable bonds is 0. The van der Waals surface area contributed by atoms with Crippen LogP contribution in [0.1, 0.15) is 10.6 Å². The maximum absolute atomic E-state index is 8.15. The molecule has 1 heterocycles. The fourth-order valence-corrected chi connectivity index (χ4v) is 1.31. The van der Waals surface area contributed by atoms with Crippen molar-refractivity contribution in [3.05, 3.63) is 10.6 Å². The lowest BCUT2D eigenvalue weighted by Gasteiger charge is -1.77. The van der Waals surface area contributed by atoms with E-state index in [0.29, 0.717) is 5.13 Å². The molecule has 0 saturated carbocycles. The number of nitrogens with zero attached hydrogens (tertiary/aromatic N) is 2. The summed E-state index contributed by atoms with van der Waals surface area (Å²) in [4.78, 5) is 4.72. The topological polar surface area (TPSA) is 62.7 Å². The third kappa shape index (κ3) is 1.70. The van der Waals surface area contributed by atoms with E-state index >= 15 is 0 Å². The molecule has 11 heavy (non-hydrogen) atoms. The van der Waals surface area contributed by atoms with Crippen molar-refractivity contribution in [1.82, 2.24) is 4.98 Å². The zero-order valence-corrected chi connectivity index (χ0v) is 6.70. The highest BCUT2D eigenvalue weighted by Gasteiger charge is 2.00. The number of hydrogen-bond donors (Lipinski definition) is 1. The molecule has 0 radical (unpaired) electrons. The van der Waals surface area contributed by atoms with Crippen molar-refractivity contribution < 1.29 is 0 Å². The molecule has 0 saturated heterocycles. The summed E-state index contributed by atoms with van der Waals surface area (Å²) in [7, 11) is 0. The number of aromatic nitrogens is 1. The molecule has 0 fully saturated rings. The molecule has 0 aliphatic heterocycles. The van der Waals surface area contributed by atoms with Crippen LogP contribution in [0.15, 0.2) is 0 Å². The Morgan fingerprint density at radius 3 is 2.82 bits per heavy atom. The monoisotopic (exact) mass is 163 g/mol. The van der Waals surface area contributed by atoms with E-state index in [9.17, 15) is 0 Å². The predicted octanol–water partition coefficient (Wildman–Crippen LogP) is 0.909. The second-order valence-electron chi connectivity index (χ2n) is 1.83. The fraction of sp³-hybridized carbons (Fsp3) is 0.143. The molecule has 0 spiro atoms. The first-order valence-electron chi connectivity index (χ1n) is 2.87. The molecular weight excluding hydrogens is 158 g/mol. The van der Waals surface area contributed by atoms with Gasteiger partial charge in [-0.25, -0.2) is 4.98 Å². The summed E-state index contributed by atoms with van der Waals surface area (Å²) in [5.74, 6) is 4.94. The lowest BCUT2D eigenvalue weighted by Crippen LogP contribution is -1.80. The lowest BCUT2D eigenvalue weighted by atomic mass is 10.4. The van der Waals surface area contributed by atoms with E-state index in [-0.39, 0.29) is 0 Å². The normalized spacial score (nSPS) is 8.00. The zero-order chi connectivity index (χ0) is 8.27. The summed E-state index contributed by atoms with van der Waals surface area (Å²) in [6.45, 7) is 1.81. The average molecular weight is 163 g/mol. The minimum atomic E-state index is 0.490. The summed E-state index contributed by atoms with van der Waals surface area (Å²) in [6.07, 6.45) is 0. The highest BCUT2D eigenvalue weighted by atomic mass is 32.1. The molecule has 1 rings (SSSR count). The molecule has 0 aliphatic rings. The maximum Gasteiger partial charge on any atom is 0.181 e. The van der Waals surface area contributed by atoms with Crippen molar-refractivity contribution in [2.24, 2.45) is 0 Å². The number of thiazole rings is 1. The van der Waals surface area contributed by atoms with Gasteiger partial charge in [0.15, 0.2) is 11.2 Å². The van der Waals surface area contributed by atoms with Crippen molar-refractivity contribution in [1.29, 1.82) is 5.26 Å². The van der Waals surface area contributed by atoms with E-state index in [2.05, 4.69) is 16.8 Å².